The number of aromatic nitrogens is 1. The van der Waals surface area contributed by atoms with E-state index in [9.17, 15) is 0 Å². The summed E-state index contributed by atoms with van der Waals surface area (Å²) in [5.74, 6) is 0.734. The summed E-state index contributed by atoms with van der Waals surface area (Å²) in [5, 5.41) is 3.72. The summed E-state index contributed by atoms with van der Waals surface area (Å²) in [6.45, 7) is 4.37. The van der Waals surface area contributed by atoms with E-state index in [4.69, 9.17) is 0 Å². The normalized spacial score (nSPS) is 23.1. The minimum Gasteiger partial charge on any atom is -0.307 e. The van der Waals surface area contributed by atoms with Crippen molar-refractivity contribution in [1.82, 2.24) is 10.3 Å². The molecule has 0 bridgehead atoms. The van der Waals surface area contributed by atoms with Crippen molar-refractivity contribution in [2.24, 2.45) is 0 Å². The Morgan fingerprint density at radius 1 is 1.05 bits per heavy atom. The molecule has 1 aromatic carbocycles. The molecule has 0 unspecified atom stereocenters. The fourth-order valence-electron chi connectivity index (χ4n) is 2.97. The van der Waals surface area contributed by atoms with E-state index in [0.29, 0.717) is 12.1 Å². The molecule has 2 nitrogen and oxygen atoms in total. The summed E-state index contributed by atoms with van der Waals surface area (Å²) in [6, 6.07) is 14.2. The second-order valence-corrected chi connectivity index (χ2v) is 5.94. The molecule has 1 aromatic heterocycles. The monoisotopic (exact) mass is 266 g/mol. The van der Waals surface area contributed by atoms with Gasteiger partial charge in [-0.15, -0.1) is 0 Å². The lowest BCUT2D eigenvalue weighted by Gasteiger charge is -2.38. The van der Waals surface area contributed by atoms with Crippen molar-refractivity contribution in [3.63, 3.8) is 0 Å². The summed E-state index contributed by atoms with van der Waals surface area (Å²) >= 11 is 0. The molecule has 0 spiro atoms. The van der Waals surface area contributed by atoms with Gasteiger partial charge in [0, 0.05) is 24.5 Å². The van der Waals surface area contributed by atoms with Crippen LogP contribution in [0, 0.1) is 6.92 Å². The third kappa shape index (κ3) is 2.91. The first-order chi connectivity index (χ1) is 9.72. The molecule has 0 amide bonds. The van der Waals surface area contributed by atoms with E-state index < -0.39 is 0 Å². The molecule has 104 valence electrons. The Kier molecular flexibility index (Phi) is 3.83. The predicted octanol–water partition coefficient (Wildman–Crippen LogP) is 3.99. The summed E-state index contributed by atoms with van der Waals surface area (Å²) in [5.41, 5.74) is 4.15. The Bertz CT molecular complexity index is 541. The van der Waals surface area contributed by atoms with Gasteiger partial charge in [-0.3, -0.25) is 4.98 Å². The Labute approximate surface area is 121 Å². The lowest BCUT2D eigenvalue weighted by Crippen LogP contribution is -2.41. The number of pyridine rings is 1. The van der Waals surface area contributed by atoms with E-state index in [1.165, 1.54) is 29.5 Å². The van der Waals surface area contributed by atoms with E-state index >= 15 is 0 Å². The van der Waals surface area contributed by atoms with Crippen LogP contribution in [0.25, 0.3) is 0 Å². The van der Waals surface area contributed by atoms with Crippen LogP contribution in [-0.2, 0) is 0 Å². The van der Waals surface area contributed by atoms with Gasteiger partial charge in [0.1, 0.15) is 0 Å². The molecule has 2 aromatic rings. The van der Waals surface area contributed by atoms with Crippen LogP contribution in [0.2, 0.25) is 0 Å². The van der Waals surface area contributed by atoms with E-state index in [1.807, 2.05) is 12.4 Å². The van der Waals surface area contributed by atoms with E-state index in [-0.39, 0.29) is 0 Å². The van der Waals surface area contributed by atoms with Crippen molar-refractivity contribution in [2.75, 3.05) is 0 Å². The van der Waals surface area contributed by atoms with Crippen LogP contribution < -0.4 is 5.32 Å². The quantitative estimate of drug-likeness (QED) is 0.905. The lowest BCUT2D eigenvalue weighted by atomic mass is 9.75. The smallest absolute Gasteiger partial charge is 0.0295 e. The molecular weight excluding hydrogens is 244 g/mol. The van der Waals surface area contributed by atoms with Gasteiger partial charge < -0.3 is 5.32 Å². The lowest BCUT2D eigenvalue weighted by molar-refractivity contribution is 0.271. The molecule has 0 saturated heterocycles. The second-order valence-electron chi connectivity index (χ2n) is 5.94. The van der Waals surface area contributed by atoms with Crippen molar-refractivity contribution in [1.29, 1.82) is 0 Å². The van der Waals surface area contributed by atoms with Gasteiger partial charge in [-0.05, 0) is 55.9 Å². The maximum Gasteiger partial charge on any atom is 0.0295 e. The Morgan fingerprint density at radius 3 is 2.35 bits per heavy atom. The molecule has 1 aliphatic rings. The summed E-state index contributed by atoms with van der Waals surface area (Å²) < 4.78 is 0. The molecule has 20 heavy (non-hydrogen) atoms. The fraction of sp³-hybridized carbons (Fsp3) is 0.389. The van der Waals surface area contributed by atoms with Crippen LogP contribution in [0.5, 0.6) is 0 Å². The third-order valence-electron chi connectivity index (χ3n) is 4.38. The molecule has 1 N–H and O–H groups in total. The zero-order valence-electron chi connectivity index (χ0n) is 12.2. The second kappa shape index (κ2) is 5.76. The molecule has 1 aliphatic carbocycles. The van der Waals surface area contributed by atoms with E-state index in [0.717, 1.165) is 5.92 Å². The summed E-state index contributed by atoms with van der Waals surface area (Å²) in [7, 11) is 0. The maximum absolute atomic E-state index is 4.07. The molecular formula is C18H22N2. The highest BCUT2D eigenvalue weighted by Crippen LogP contribution is 2.37. The average Bonchev–Trinajstić information content (AvgIpc) is 2.44. The van der Waals surface area contributed by atoms with Crippen molar-refractivity contribution in [3.8, 4) is 0 Å². The molecule has 1 saturated carbocycles. The zero-order chi connectivity index (χ0) is 13.9. The van der Waals surface area contributed by atoms with Gasteiger partial charge in [0.25, 0.3) is 0 Å². The van der Waals surface area contributed by atoms with Crippen LogP contribution in [0.4, 0.5) is 0 Å². The van der Waals surface area contributed by atoms with Gasteiger partial charge in [-0.25, -0.2) is 0 Å². The summed E-state index contributed by atoms with van der Waals surface area (Å²) in [4.78, 5) is 4.07. The van der Waals surface area contributed by atoms with E-state index in [2.05, 4.69) is 60.5 Å². The summed E-state index contributed by atoms with van der Waals surface area (Å²) in [6.07, 6.45) is 6.23. The van der Waals surface area contributed by atoms with Crippen LogP contribution in [0.1, 0.15) is 48.4 Å². The highest BCUT2D eigenvalue weighted by molar-refractivity contribution is 5.27. The first-order valence-electron chi connectivity index (χ1n) is 7.45. The highest BCUT2D eigenvalue weighted by Gasteiger charge is 2.30. The average molecular weight is 266 g/mol. The van der Waals surface area contributed by atoms with Gasteiger partial charge in [0.2, 0.25) is 0 Å². The Morgan fingerprint density at radius 2 is 1.70 bits per heavy atom. The third-order valence-corrected chi connectivity index (χ3v) is 4.38. The molecule has 1 atom stereocenters. The number of hydrogen-bond donors (Lipinski definition) is 1. The van der Waals surface area contributed by atoms with E-state index in [1.54, 1.807) is 0 Å². The molecule has 0 aliphatic heterocycles. The minimum absolute atomic E-state index is 0.405. The largest absolute Gasteiger partial charge is 0.307 e. The standard InChI is InChI=1S/C18H22N2/c1-13-3-5-16(6-4-13)17-11-18(12-17)20-14(2)15-7-9-19-10-8-15/h3-10,14,17-18,20H,11-12H2,1-2H3/t14-,17?,18?/m1/s1. The van der Waals surface area contributed by atoms with Crippen LogP contribution in [-0.4, -0.2) is 11.0 Å². The van der Waals surface area contributed by atoms with Gasteiger partial charge in [0.15, 0.2) is 0 Å². The molecule has 1 heterocycles. The number of aryl methyl sites for hydroxylation is 1. The minimum atomic E-state index is 0.405. The first-order valence-corrected chi connectivity index (χ1v) is 7.45. The number of rotatable bonds is 4. The zero-order valence-corrected chi connectivity index (χ0v) is 12.2. The number of hydrogen-bond acceptors (Lipinski definition) is 2. The SMILES string of the molecule is Cc1ccc(C2CC(N[C@H](C)c3ccncc3)C2)cc1. The Balaban J connectivity index is 1.52. The Hall–Kier alpha value is -1.67. The fourth-order valence-corrected chi connectivity index (χ4v) is 2.97. The first kappa shape index (κ1) is 13.3. The molecule has 2 heteroatoms. The number of nitrogens with one attached hydrogen (secondary N) is 1. The van der Waals surface area contributed by atoms with Crippen molar-refractivity contribution in [2.45, 2.75) is 44.7 Å². The number of benzene rings is 1. The molecule has 1 fully saturated rings. The van der Waals surface area contributed by atoms with Crippen molar-refractivity contribution >= 4 is 0 Å². The highest BCUT2D eigenvalue weighted by atomic mass is 15.0. The topological polar surface area (TPSA) is 24.9 Å². The van der Waals surface area contributed by atoms with Crippen molar-refractivity contribution < 1.29 is 0 Å². The van der Waals surface area contributed by atoms with Gasteiger partial charge in [-0.1, -0.05) is 29.8 Å². The van der Waals surface area contributed by atoms with Gasteiger partial charge >= 0.3 is 0 Å². The van der Waals surface area contributed by atoms with Crippen LogP contribution >= 0.6 is 0 Å². The molecule has 3 rings (SSSR count). The number of nitrogens with zero attached hydrogens (tertiary/aromatic N) is 1. The van der Waals surface area contributed by atoms with Gasteiger partial charge in [-0.2, -0.15) is 0 Å². The van der Waals surface area contributed by atoms with Crippen molar-refractivity contribution in [3.05, 3.63) is 65.5 Å². The molecule has 0 radical (unpaired) electrons. The van der Waals surface area contributed by atoms with Gasteiger partial charge in [0.05, 0.1) is 0 Å². The maximum atomic E-state index is 4.07. The van der Waals surface area contributed by atoms with Crippen LogP contribution in [0.15, 0.2) is 48.8 Å². The van der Waals surface area contributed by atoms with Crippen LogP contribution in [0.3, 0.4) is 0 Å². The predicted molar refractivity (Wildman–Crippen MR) is 82.7 cm³/mol.